The highest BCUT2D eigenvalue weighted by Crippen LogP contribution is 2.20. The minimum Gasteiger partial charge on any atom is -0.356 e. The first-order valence-corrected chi connectivity index (χ1v) is 10.3. The average molecular weight is 392 g/mol. The lowest BCUT2D eigenvalue weighted by molar-refractivity contribution is 0.521. The second kappa shape index (κ2) is 8.62. The zero-order chi connectivity index (χ0) is 19.3. The highest BCUT2D eigenvalue weighted by Gasteiger charge is 2.17. The van der Waals surface area contributed by atoms with Gasteiger partial charge in [-0.05, 0) is 49.3 Å². The van der Waals surface area contributed by atoms with Crippen LogP contribution in [0.4, 0.5) is 5.69 Å². The number of hydrogen-bond acceptors (Lipinski definition) is 3. The van der Waals surface area contributed by atoms with E-state index >= 15 is 0 Å². The van der Waals surface area contributed by atoms with Crippen LogP contribution in [0.1, 0.15) is 30.5 Å². The lowest BCUT2D eigenvalue weighted by Crippen LogP contribution is -2.32. The molecule has 0 aliphatic heterocycles. The van der Waals surface area contributed by atoms with Gasteiger partial charge in [0.05, 0.1) is 10.9 Å². The molecule has 0 aromatic heterocycles. The van der Waals surface area contributed by atoms with Gasteiger partial charge in [-0.3, -0.25) is 0 Å². The molecule has 0 fully saturated rings. The molecule has 0 bridgehead atoms. The lowest BCUT2D eigenvalue weighted by atomic mass is 10.0. The van der Waals surface area contributed by atoms with Crippen molar-refractivity contribution in [1.82, 2.24) is 9.62 Å². The topological polar surface area (TPSA) is 61.4 Å². The van der Waals surface area contributed by atoms with Crippen molar-refractivity contribution in [1.29, 1.82) is 0 Å². The summed E-state index contributed by atoms with van der Waals surface area (Å²) in [6.45, 7) is 4.14. The van der Waals surface area contributed by atoms with Gasteiger partial charge in [0.2, 0.25) is 10.0 Å². The maximum absolute atomic E-state index is 12.3. The standard InChI is InChI=1S/C19H25N3O2S2/c1-5-18(15-11-9-14(2)10-12-15)21-19(25)20-16-7-6-8-17(13-16)26(23,24)22(3)4/h6-13,18H,5H2,1-4H3,(H2,20,21,25)/t18-/m0/s1. The van der Waals surface area contributed by atoms with Gasteiger partial charge in [-0.1, -0.05) is 42.8 Å². The monoisotopic (exact) mass is 391 g/mol. The Labute approximate surface area is 161 Å². The quantitative estimate of drug-likeness (QED) is 0.736. The SMILES string of the molecule is CC[C@H](NC(=S)Nc1cccc(S(=O)(=O)N(C)C)c1)c1ccc(C)cc1. The summed E-state index contributed by atoms with van der Waals surface area (Å²) < 4.78 is 25.7. The van der Waals surface area contributed by atoms with Gasteiger partial charge in [-0.15, -0.1) is 0 Å². The molecule has 26 heavy (non-hydrogen) atoms. The summed E-state index contributed by atoms with van der Waals surface area (Å²) in [5.74, 6) is 0. The fourth-order valence-electron chi connectivity index (χ4n) is 2.49. The molecule has 140 valence electrons. The van der Waals surface area contributed by atoms with E-state index in [0.29, 0.717) is 10.8 Å². The van der Waals surface area contributed by atoms with Crippen LogP contribution in [0.3, 0.4) is 0 Å². The molecule has 2 aromatic rings. The van der Waals surface area contributed by atoms with Crippen molar-refractivity contribution in [3.05, 3.63) is 59.7 Å². The molecular weight excluding hydrogens is 366 g/mol. The van der Waals surface area contributed by atoms with Gasteiger partial charge in [0.1, 0.15) is 0 Å². The number of rotatable bonds is 6. The third-order valence-electron chi connectivity index (χ3n) is 4.06. The van der Waals surface area contributed by atoms with Crippen LogP contribution < -0.4 is 10.6 Å². The third kappa shape index (κ3) is 5.03. The molecule has 2 aromatic carbocycles. The molecule has 0 unspecified atom stereocenters. The number of benzene rings is 2. The number of nitrogens with zero attached hydrogens (tertiary/aromatic N) is 1. The van der Waals surface area contributed by atoms with E-state index in [4.69, 9.17) is 12.2 Å². The first-order valence-electron chi connectivity index (χ1n) is 8.40. The molecule has 0 saturated carbocycles. The summed E-state index contributed by atoms with van der Waals surface area (Å²) in [4.78, 5) is 0.223. The molecule has 7 heteroatoms. The van der Waals surface area contributed by atoms with Crippen LogP contribution in [0.2, 0.25) is 0 Å². The second-order valence-electron chi connectivity index (χ2n) is 6.29. The molecular formula is C19H25N3O2S2. The normalized spacial score (nSPS) is 12.7. The molecule has 0 amide bonds. The van der Waals surface area contributed by atoms with Crippen LogP contribution in [0.25, 0.3) is 0 Å². The molecule has 0 saturated heterocycles. The van der Waals surface area contributed by atoms with Crippen molar-refractivity contribution in [2.24, 2.45) is 0 Å². The van der Waals surface area contributed by atoms with E-state index in [1.165, 1.54) is 24.0 Å². The van der Waals surface area contributed by atoms with Crippen molar-refractivity contribution < 1.29 is 8.42 Å². The number of anilines is 1. The van der Waals surface area contributed by atoms with Crippen molar-refractivity contribution in [3.63, 3.8) is 0 Å². The van der Waals surface area contributed by atoms with E-state index in [-0.39, 0.29) is 10.9 Å². The van der Waals surface area contributed by atoms with Crippen LogP contribution in [0, 0.1) is 6.92 Å². The summed E-state index contributed by atoms with van der Waals surface area (Å²) in [6, 6.07) is 15.0. The predicted molar refractivity (Wildman–Crippen MR) is 111 cm³/mol. The molecule has 2 N–H and O–H groups in total. The molecule has 2 rings (SSSR count). The van der Waals surface area contributed by atoms with Crippen molar-refractivity contribution in [2.75, 3.05) is 19.4 Å². The molecule has 0 radical (unpaired) electrons. The summed E-state index contributed by atoms with van der Waals surface area (Å²) in [6.07, 6.45) is 0.875. The predicted octanol–water partition coefficient (Wildman–Crippen LogP) is 3.68. The van der Waals surface area contributed by atoms with Gasteiger partial charge in [-0.2, -0.15) is 0 Å². The van der Waals surface area contributed by atoms with Gasteiger partial charge < -0.3 is 10.6 Å². The molecule has 0 aliphatic rings. The first kappa shape index (κ1) is 20.4. The Morgan fingerprint density at radius 1 is 1.15 bits per heavy atom. The Hall–Kier alpha value is -1.96. The number of sulfonamides is 1. The minimum atomic E-state index is -3.48. The Bertz CT molecular complexity index is 863. The smallest absolute Gasteiger partial charge is 0.242 e. The average Bonchev–Trinajstić information content (AvgIpc) is 2.60. The summed E-state index contributed by atoms with van der Waals surface area (Å²) in [5, 5.41) is 6.82. The molecule has 0 spiro atoms. The lowest BCUT2D eigenvalue weighted by Gasteiger charge is -2.20. The third-order valence-corrected chi connectivity index (χ3v) is 6.09. The van der Waals surface area contributed by atoms with Gasteiger partial charge in [0, 0.05) is 19.8 Å². The zero-order valence-electron chi connectivity index (χ0n) is 15.5. The van der Waals surface area contributed by atoms with Gasteiger partial charge in [0.25, 0.3) is 0 Å². The Morgan fingerprint density at radius 3 is 2.38 bits per heavy atom. The molecule has 0 heterocycles. The van der Waals surface area contributed by atoms with Crippen molar-refractivity contribution in [3.8, 4) is 0 Å². The maximum Gasteiger partial charge on any atom is 0.242 e. The summed E-state index contributed by atoms with van der Waals surface area (Å²) in [7, 11) is -0.462. The largest absolute Gasteiger partial charge is 0.356 e. The van der Waals surface area contributed by atoms with Gasteiger partial charge in [0.15, 0.2) is 5.11 Å². The summed E-state index contributed by atoms with van der Waals surface area (Å²) >= 11 is 5.41. The summed E-state index contributed by atoms with van der Waals surface area (Å²) in [5.41, 5.74) is 3.00. The van der Waals surface area contributed by atoms with Gasteiger partial charge >= 0.3 is 0 Å². The van der Waals surface area contributed by atoms with Crippen molar-refractivity contribution in [2.45, 2.75) is 31.2 Å². The van der Waals surface area contributed by atoms with E-state index in [1.807, 2.05) is 0 Å². The Kier molecular flexibility index (Phi) is 6.75. The molecule has 5 nitrogen and oxygen atoms in total. The van der Waals surface area contributed by atoms with E-state index in [2.05, 4.69) is 48.7 Å². The highest BCUT2D eigenvalue weighted by atomic mass is 32.2. The number of hydrogen-bond donors (Lipinski definition) is 2. The van der Waals surface area contributed by atoms with Crippen LogP contribution >= 0.6 is 12.2 Å². The van der Waals surface area contributed by atoms with E-state index in [9.17, 15) is 8.42 Å². The fraction of sp³-hybridized carbons (Fsp3) is 0.316. The van der Waals surface area contributed by atoms with Gasteiger partial charge in [-0.25, -0.2) is 12.7 Å². The minimum absolute atomic E-state index is 0.0873. The van der Waals surface area contributed by atoms with Crippen LogP contribution in [-0.2, 0) is 10.0 Å². The molecule has 1 atom stereocenters. The maximum atomic E-state index is 12.3. The number of thiocarbonyl (C=S) groups is 1. The second-order valence-corrected chi connectivity index (χ2v) is 8.85. The van der Waals surface area contributed by atoms with Crippen LogP contribution in [0.15, 0.2) is 53.4 Å². The van der Waals surface area contributed by atoms with E-state index < -0.39 is 10.0 Å². The van der Waals surface area contributed by atoms with Crippen LogP contribution in [0.5, 0.6) is 0 Å². The van der Waals surface area contributed by atoms with E-state index in [1.54, 1.807) is 24.3 Å². The first-order chi connectivity index (χ1) is 12.2. The highest BCUT2D eigenvalue weighted by molar-refractivity contribution is 7.89. The van der Waals surface area contributed by atoms with Crippen LogP contribution in [-0.4, -0.2) is 31.9 Å². The Morgan fingerprint density at radius 2 is 1.81 bits per heavy atom. The van der Waals surface area contributed by atoms with E-state index in [0.717, 1.165) is 12.0 Å². The fourth-order valence-corrected chi connectivity index (χ4v) is 3.70. The number of aryl methyl sites for hydroxylation is 1. The Balaban J connectivity index is 2.11. The number of nitrogens with one attached hydrogen (secondary N) is 2. The molecule has 0 aliphatic carbocycles. The van der Waals surface area contributed by atoms with Crippen molar-refractivity contribution >= 4 is 33.0 Å². The zero-order valence-corrected chi connectivity index (χ0v) is 17.1.